The van der Waals surface area contributed by atoms with Crippen molar-refractivity contribution < 1.29 is 10.0 Å². The Hall–Kier alpha value is -0.570. The summed E-state index contributed by atoms with van der Waals surface area (Å²) in [6.45, 7) is 4.49. The molecule has 0 aromatic carbocycles. The number of hydrogen-bond donors (Lipinski definition) is 2. The molecule has 2 N–H and O–H groups in total. The molecule has 3 nitrogen and oxygen atoms in total. The molecule has 0 aromatic rings. The SMILES string of the molecule is CC1(C)CCCC(CC(=O)NO)C1. The van der Waals surface area contributed by atoms with E-state index in [1.807, 2.05) is 0 Å². The zero-order valence-electron chi connectivity index (χ0n) is 8.47. The second-order valence-electron chi connectivity index (χ2n) is 4.87. The van der Waals surface area contributed by atoms with E-state index in [4.69, 9.17) is 5.21 Å². The Morgan fingerprint density at radius 1 is 1.62 bits per heavy atom. The van der Waals surface area contributed by atoms with Gasteiger partial charge >= 0.3 is 0 Å². The monoisotopic (exact) mass is 185 g/mol. The molecule has 0 saturated heterocycles. The number of carbonyl (C=O) groups excluding carboxylic acids is 1. The van der Waals surface area contributed by atoms with Crippen molar-refractivity contribution in [1.29, 1.82) is 0 Å². The molecule has 0 bridgehead atoms. The lowest BCUT2D eigenvalue weighted by Crippen LogP contribution is -2.28. The third-order valence-corrected chi connectivity index (χ3v) is 2.91. The number of hydrogen-bond acceptors (Lipinski definition) is 2. The van der Waals surface area contributed by atoms with Gasteiger partial charge in [0.05, 0.1) is 0 Å². The molecule has 76 valence electrons. The summed E-state index contributed by atoms with van der Waals surface area (Å²) in [6, 6.07) is 0. The molecular weight excluding hydrogens is 166 g/mol. The van der Waals surface area contributed by atoms with E-state index < -0.39 is 0 Å². The molecule has 1 rings (SSSR count). The largest absolute Gasteiger partial charge is 0.289 e. The van der Waals surface area contributed by atoms with Crippen LogP contribution in [0.15, 0.2) is 0 Å². The van der Waals surface area contributed by atoms with E-state index in [9.17, 15) is 4.79 Å². The van der Waals surface area contributed by atoms with Crippen LogP contribution < -0.4 is 5.48 Å². The summed E-state index contributed by atoms with van der Waals surface area (Å²) in [5, 5.41) is 8.40. The fraction of sp³-hybridized carbons (Fsp3) is 0.900. The molecule has 0 aromatic heterocycles. The number of amides is 1. The summed E-state index contributed by atoms with van der Waals surface area (Å²) in [7, 11) is 0. The van der Waals surface area contributed by atoms with Crippen LogP contribution in [0.5, 0.6) is 0 Å². The predicted molar refractivity (Wildman–Crippen MR) is 50.3 cm³/mol. The lowest BCUT2D eigenvalue weighted by molar-refractivity contribution is -0.130. The fourth-order valence-corrected chi connectivity index (χ4v) is 2.34. The van der Waals surface area contributed by atoms with Gasteiger partial charge in [-0.1, -0.05) is 20.3 Å². The van der Waals surface area contributed by atoms with Crippen LogP contribution in [0.25, 0.3) is 0 Å². The molecule has 3 heteroatoms. The first kappa shape index (κ1) is 10.5. The molecule has 1 fully saturated rings. The normalized spacial score (nSPS) is 26.8. The Morgan fingerprint density at radius 2 is 2.31 bits per heavy atom. The third-order valence-electron chi connectivity index (χ3n) is 2.91. The van der Waals surface area contributed by atoms with Gasteiger partial charge in [-0.15, -0.1) is 0 Å². The van der Waals surface area contributed by atoms with Crippen LogP contribution in [-0.4, -0.2) is 11.1 Å². The van der Waals surface area contributed by atoms with E-state index >= 15 is 0 Å². The first-order valence-electron chi connectivity index (χ1n) is 4.96. The summed E-state index contributed by atoms with van der Waals surface area (Å²) in [6.07, 6.45) is 5.15. The summed E-state index contributed by atoms with van der Waals surface area (Å²) in [4.78, 5) is 10.9. The topological polar surface area (TPSA) is 49.3 Å². The molecule has 0 spiro atoms. The maximum absolute atomic E-state index is 10.9. The van der Waals surface area contributed by atoms with E-state index in [-0.39, 0.29) is 5.91 Å². The predicted octanol–water partition coefficient (Wildman–Crippen LogP) is 2.10. The number of hydroxylamine groups is 1. The molecule has 0 heterocycles. The Labute approximate surface area is 79.5 Å². The van der Waals surface area contributed by atoms with E-state index in [0.29, 0.717) is 17.8 Å². The Kier molecular flexibility index (Phi) is 3.31. The average Bonchev–Trinajstić information content (AvgIpc) is 2.02. The van der Waals surface area contributed by atoms with Crippen LogP contribution in [-0.2, 0) is 4.79 Å². The quantitative estimate of drug-likeness (QED) is 0.511. The molecule has 1 amide bonds. The number of nitrogens with one attached hydrogen (secondary N) is 1. The van der Waals surface area contributed by atoms with Crippen molar-refractivity contribution >= 4 is 5.91 Å². The summed E-state index contributed by atoms with van der Waals surface area (Å²) in [5.41, 5.74) is 2.07. The first-order chi connectivity index (χ1) is 6.03. The summed E-state index contributed by atoms with van der Waals surface area (Å²) in [5.74, 6) is 0.207. The first-order valence-corrected chi connectivity index (χ1v) is 4.96. The van der Waals surface area contributed by atoms with Crippen molar-refractivity contribution in [2.24, 2.45) is 11.3 Å². The third kappa shape index (κ3) is 3.35. The maximum Gasteiger partial charge on any atom is 0.243 e. The van der Waals surface area contributed by atoms with Crippen LogP contribution in [0.2, 0.25) is 0 Å². The highest BCUT2D eigenvalue weighted by atomic mass is 16.5. The molecule has 1 unspecified atom stereocenters. The van der Waals surface area contributed by atoms with Gasteiger partial charge in [0.2, 0.25) is 5.91 Å². The van der Waals surface area contributed by atoms with Gasteiger partial charge in [0.1, 0.15) is 0 Å². The Bertz CT molecular complexity index is 189. The molecular formula is C10H19NO2. The molecule has 0 radical (unpaired) electrons. The Morgan fingerprint density at radius 3 is 2.85 bits per heavy atom. The smallest absolute Gasteiger partial charge is 0.243 e. The number of carbonyl (C=O) groups is 1. The van der Waals surface area contributed by atoms with Crippen LogP contribution in [0.1, 0.15) is 46.0 Å². The van der Waals surface area contributed by atoms with E-state index in [2.05, 4.69) is 13.8 Å². The highest BCUT2D eigenvalue weighted by Gasteiger charge is 2.28. The van der Waals surface area contributed by atoms with Crippen molar-refractivity contribution in [1.82, 2.24) is 5.48 Å². The van der Waals surface area contributed by atoms with Gasteiger partial charge in [0.15, 0.2) is 0 Å². The highest BCUT2D eigenvalue weighted by Crippen LogP contribution is 2.39. The minimum atomic E-state index is -0.247. The van der Waals surface area contributed by atoms with Crippen LogP contribution in [0.3, 0.4) is 0 Å². The zero-order valence-corrected chi connectivity index (χ0v) is 8.47. The van der Waals surface area contributed by atoms with Crippen molar-refractivity contribution in [3.05, 3.63) is 0 Å². The van der Waals surface area contributed by atoms with Gasteiger partial charge in [-0.3, -0.25) is 10.0 Å². The number of rotatable bonds is 2. The summed E-state index contributed by atoms with van der Waals surface area (Å²) < 4.78 is 0. The Balaban J connectivity index is 2.39. The molecule has 0 aliphatic heterocycles. The summed E-state index contributed by atoms with van der Waals surface area (Å²) >= 11 is 0. The van der Waals surface area contributed by atoms with E-state index in [1.54, 1.807) is 5.48 Å². The molecule has 1 aliphatic carbocycles. The molecule has 1 saturated carbocycles. The lowest BCUT2D eigenvalue weighted by Gasteiger charge is -2.34. The van der Waals surface area contributed by atoms with Gasteiger partial charge in [-0.2, -0.15) is 0 Å². The highest BCUT2D eigenvalue weighted by molar-refractivity contribution is 5.74. The standard InChI is InChI=1S/C10H19NO2/c1-10(2)5-3-4-8(7-10)6-9(12)11-13/h8,13H,3-7H2,1-2H3,(H,11,12). The van der Waals surface area contributed by atoms with Gasteiger partial charge in [0, 0.05) is 6.42 Å². The van der Waals surface area contributed by atoms with Crippen molar-refractivity contribution in [3.8, 4) is 0 Å². The van der Waals surface area contributed by atoms with Crippen LogP contribution >= 0.6 is 0 Å². The van der Waals surface area contributed by atoms with Gasteiger partial charge in [-0.25, -0.2) is 5.48 Å². The maximum atomic E-state index is 10.9. The second kappa shape index (κ2) is 4.09. The van der Waals surface area contributed by atoms with Crippen LogP contribution in [0, 0.1) is 11.3 Å². The van der Waals surface area contributed by atoms with E-state index in [0.717, 1.165) is 12.8 Å². The zero-order chi connectivity index (χ0) is 9.90. The fourth-order valence-electron chi connectivity index (χ4n) is 2.34. The van der Waals surface area contributed by atoms with Gasteiger partial charge in [0.25, 0.3) is 0 Å². The van der Waals surface area contributed by atoms with Gasteiger partial charge in [-0.05, 0) is 30.6 Å². The lowest BCUT2D eigenvalue weighted by atomic mass is 9.71. The van der Waals surface area contributed by atoms with Crippen molar-refractivity contribution in [2.75, 3.05) is 0 Å². The van der Waals surface area contributed by atoms with Crippen molar-refractivity contribution in [2.45, 2.75) is 46.0 Å². The molecule has 1 atom stereocenters. The van der Waals surface area contributed by atoms with Crippen LogP contribution in [0.4, 0.5) is 0 Å². The molecule has 13 heavy (non-hydrogen) atoms. The second-order valence-corrected chi connectivity index (χ2v) is 4.87. The minimum Gasteiger partial charge on any atom is -0.289 e. The molecule has 1 aliphatic rings. The average molecular weight is 185 g/mol. The van der Waals surface area contributed by atoms with Gasteiger partial charge < -0.3 is 0 Å². The van der Waals surface area contributed by atoms with E-state index in [1.165, 1.54) is 12.8 Å². The van der Waals surface area contributed by atoms with Crippen molar-refractivity contribution in [3.63, 3.8) is 0 Å². The minimum absolute atomic E-state index is 0.247.